The van der Waals surface area contributed by atoms with Gasteiger partial charge in [0.1, 0.15) is 17.2 Å². The maximum Gasteiger partial charge on any atom is 0.286 e. The Balaban J connectivity index is 1.75. The van der Waals surface area contributed by atoms with Gasteiger partial charge in [-0.25, -0.2) is 9.07 Å². The lowest BCUT2D eigenvalue weighted by molar-refractivity contribution is 0.0844. The van der Waals surface area contributed by atoms with Crippen LogP contribution in [0.1, 0.15) is 26.5 Å². The summed E-state index contributed by atoms with van der Waals surface area (Å²) in [7, 11) is 0. The van der Waals surface area contributed by atoms with E-state index in [0.717, 1.165) is 0 Å². The number of amides is 2. The smallest absolute Gasteiger partial charge is 0.286 e. The van der Waals surface area contributed by atoms with E-state index < -0.39 is 17.6 Å². The van der Waals surface area contributed by atoms with Crippen LogP contribution in [0.25, 0.3) is 5.69 Å². The number of hydrogen-bond donors (Lipinski definition) is 3. The van der Waals surface area contributed by atoms with Crippen molar-refractivity contribution in [3.63, 3.8) is 0 Å². The molecule has 2 heterocycles. The van der Waals surface area contributed by atoms with E-state index in [1.165, 1.54) is 16.9 Å². The molecule has 2 amide bonds. The normalized spacial score (nSPS) is 10.4. The summed E-state index contributed by atoms with van der Waals surface area (Å²) in [6.07, 6.45) is 2.91. The Bertz CT molecular complexity index is 886. The topological polar surface area (TPSA) is 91.8 Å². The Hall–Kier alpha value is -3.42. The molecule has 0 saturated heterocycles. The number of aromatic amines is 1. The Kier molecular flexibility index (Phi) is 4.11. The molecule has 3 aromatic rings. The molecule has 7 nitrogen and oxygen atoms in total. The SMILES string of the molecule is Cc1c(C(=O)NNC(=O)c2ccc[nH]2)cnn1-c1ccccc1F. The van der Waals surface area contributed by atoms with Crippen molar-refractivity contribution >= 4 is 11.8 Å². The molecule has 122 valence electrons. The van der Waals surface area contributed by atoms with E-state index in [0.29, 0.717) is 11.4 Å². The Labute approximate surface area is 136 Å². The van der Waals surface area contributed by atoms with Gasteiger partial charge in [-0.2, -0.15) is 5.10 Å². The summed E-state index contributed by atoms with van der Waals surface area (Å²) in [5, 5.41) is 4.04. The van der Waals surface area contributed by atoms with Crippen molar-refractivity contribution < 1.29 is 14.0 Å². The van der Waals surface area contributed by atoms with Crippen molar-refractivity contribution in [2.75, 3.05) is 0 Å². The van der Waals surface area contributed by atoms with Gasteiger partial charge in [-0.15, -0.1) is 0 Å². The molecule has 0 unspecified atom stereocenters. The summed E-state index contributed by atoms with van der Waals surface area (Å²) in [6, 6.07) is 9.36. The monoisotopic (exact) mass is 327 g/mol. The molecule has 0 radical (unpaired) electrons. The van der Waals surface area contributed by atoms with Crippen LogP contribution in [0.15, 0.2) is 48.8 Å². The van der Waals surface area contributed by atoms with Gasteiger partial charge in [0.15, 0.2) is 0 Å². The highest BCUT2D eigenvalue weighted by atomic mass is 19.1. The molecule has 0 aliphatic rings. The lowest BCUT2D eigenvalue weighted by Gasteiger charge is -2.08. The fraction of sp³-hybridized carbons (Fsp3) is 0.0625. The average molecular weight is 327 g/mol. The molecule has 8 heteroatoms. The van der Waals surface area contributed by atoms with Gasteiger partial charge in [0, 0.05) is 6.20 Å². The van der Waals surface area contributed by atoms with Gasteiger partial charge in [-0.05, 0) is 31.2 Å². The summed E-state index contributed by atoms with van der Waals surface area (Å²) < 4.78 is 15.2. The number of hydrazine groups is 1. The maximum atomic E-state index is 13.9. The molecular formula is C16H14FN5O2. The zero-order valence-corrected chi connectivity index (χ0v) is 12.7. The van der Waals surface area contributed by atoms with Crippen molar-refractivity contribution in [1.29, 1.82) is 0 Å². The third-order valence-electron chi connectivity index (χ3n) is 3.47. The van der Waals surface area contributed by atoms with Crippen molar-refractivity contribution in [2.24, 2.45) is 0 Å². The van der Waals surface area contributed by atoms with Crippen LogP contribution in [0, 0.1) is 12.7 Å². The minimum Gasteiger partial charge on any atom is -0.357 e. The number of carbonyl (C=O) groups excluding carboxylic acids is 2. The first-order chi connectivity index (χ1) is 11.6. The number of hydrogen-bond acceptors (Lipinski definition) is 3. The number of rotatable bonds is 3. The lowest BCUT2D eigenvalue weighted by Crippen LogP contribution is -2.41. The van der Waals surface area contributed by atoms with E-state index in [1.54, 1.807) is 43.5 Å². The highest BCUT2D eigenvalue weighted by Crippen LogP contribution is 2.16. The predicted molar refractivity (Wildman–Crippen MR) is 84.0 cm³/mol. The molecule has 0 saturated carbocycles. The van der Waals surface area contributed by atoms with Crippen LogP contribution in [-0.2, 0) is 0 Å². The summed E-state index contributed by atoms with van der Waals surface area (Å²) in [5.74, 6) is -1.47. The van der Waals surface area contributed by atoms with Crippen LogP contribution in [0.4, 0.5) is 4.39 Å². The number of nitrogens with one attached hydrogen (secondary N) is 3. The second-order valence-corrected chi connectivity index (χ2v) is 5.00. The molecule has 1 aromatic carbocycles. The zero-order chi connectivity index (χ0) is 17.1. The molecule has 3 N–H and O–H groups in total. The molecule has 0 fully saturated rings. The van der Waals surface area contributed by atoms with Gasteiger partial charge >= 0.3 is 0 Å². The second-order valence-electron chi connectivity index (χ2n) is 5.00. The van der Waals surface area contributed by atoms with Crippen LogP contribution < -0.4 is 10.9 Å². The first-order valence-electron chi connectivity index (χ1n) is 7.11. The Morgan fingerprint density at radius 3 is 2.58 bits per heavy atom. The molecule has 0 bridgehead atoms. The minimum atomic E-state index is -0.546. The minimum absolute atomic E-state index is 0.227. The molecule has 0 atom stereocenters. The number of H-pyrrole nitrogens is 1. The number of halogens is 1. The molecule has 24 heavy (non-hydrogen) atoms. The van der Waals surface area contributed by atoms with Crippen LogP contribution in [0.2, 0.25) is 0 Å². The van der Waals surface area contributed by atoms with E-state index >= 15 is 0 Å². The summed E-state index contributed by atoms with van der Waals surface area (Å²) in [4.78, 5) is 26.7. The van der Waals surface area contributed by atoms with Crippen molar-refractivity contribution in [1.82, 2.24) is 25.6 Å². The second kappa shape index (κ2) is 6.37. The summed E-state index contributed by atoms with van der Waals surface area (Å²) in [6.45, 7) is 1.64. The van der Waals surface area contributed by atoms with Crippen LogP contribution >= 0.6 is 0 Å². The molecule has 0 aliphatic heterocycles. The predicted octanol–water partition coefficient (Wildman–Crippen LogP) is 1.72. The van der Waals surface area contributed by atoms with Gasteiger partial charge < -0.3 is 4.98 Å². The molecule has 0 aliphatic carbocycles. The van der Waals surface area contributed by atoms with E-state index in [2.05, 4.69) is 20.9 Å². The van der Waals surface area contributed by atoms with Crippen molar-refractivity contribution in [2.45, 2.75) is 6.92 Å². The molecule has 0 spiro atoms. The maximum absolute atomic E-state index is 13.9. The molecule has 2 aromatic heterocycles. The van der Waals surface area contributed by atoms with Crippen LogP contribution in [-0.4, -0.2) is 26.6 Å². The number of carbonyl (C=O) groups is 2. The standard InChI is InChI=1S/C16H14FN5O2/c1-10-11(9-19-22(10)14-7-3-2-5-12(14)17)15(23)20-21-16(24)13-6-4-8-18-13/h2-9,18H,1H3,(H,20,23)(H,21,24). The van der Waals surface area contributed by atoms with Crippen LogP contribution in [0.3, 0.4) is 0 Å². The van der Waals surface area contributed by atoms with Crippen LogP contribution in [0.5, 0.6) is 0 Å². The quantitative estimate of drug-likeness (QED) is 0.640. The summed E-state index contributed by atoms with van der Waals surface area (Å²) >= 11 is 0. The average Bonchev–Trinajstić information content (AvgIpc) is 3.23. The van der Waals surface area contributed by atoms with Crippen molar-refractivity contribution in [3.05, 3.63) is 71.6 Å². The lowest BCUT2D eigenvalue weighted by atomic mass is 10.2. The highest BCUT2D eigenvalue weighted by molar-refractivity contribution is 5.98. The Morgan fingerprint density at radius 2 is 1.88 bits per heavy atom. The molecule has 3 rings (SSSR count). The van der Waals surface area contributed by atoms with E-state index in [9.17, 15) is 14.0 Å². The fourth-order valence-electron chi connectivity index (χ4n) is 2.22. The van der Waals surface area contributed by atoms with Gasteiger partial charge in [-0.3, -0.25) is 20.4 Å². The number of benzene rings is 1. The van der Waals surface area contributed by atoms with Gasteiger partial charge in [0.25, 0.3) is 11.8 Å². The molecular weight excluding hydrogens is 313 g/mol. The zero-order valence-electron chi connectivity index (χ0n) is 12.7. The van der Waals surface area contributed by atoms with E-state index in [1.807, 2.05) is 0 Å². The van der Waals surface area contributed by atoms with Gasteiger partial charge in [-0.1, -0.05) is 12.1 Å². The van der Waals surface area contributed by atoms with E-state index in [-0.39, 0.29) is 11.3 Å². The number of aromatic nitrogens is 3. The fourth-order valence-corrected chi connectivity index (χ4v) is 2.22. The van der Waals surface area contributed by atoms with E-state index in [4.69, 9.17) is 0 Å². The first-order valence-corrected chi connectivity index (χ1v) is 7.11. The number of para-hydroxylation sites is 1. The third-order valence-corrected chi connectivity index (χ3v) is 3.47. The largest absolute Gasteiger partial charge is 0.357 e. The highest BCUT2D eigenvalue weighted by Gasteiger charge is 2.17. The van der Waals surface area contributed by atoms with Crippen molar-refractivity contribution in [3.8, 4) is 5.69 Å². The van der Waals surface area contributed by atoms with Gasteiger partial charge in [0.2, 0.25) is 0 Å². The first kappa shape index (κ1) is 15.5. The third kappa shape index (κ3) is 2.89. The van der Waals surface area contributed by atoms with Gasteiger partial charge in [0.05, 0.1) is 17.5 Å². The number of nitrogens with zero attached hydrogens (tertiary/aromatic N) is 2. The Morgan fingerprint density at radius 1 is 1.12 bits per heavy atom. The summed E-state index contributed by atoms with van der Waals surface area (Å²) in [5.41, 5.74) is 5.82.